The van der Waals surface area contributed by atoms with Crippen LogP contribution in [-0.4, -0.2) is 28.9 Å². The second-order valence-electron chi connectivity index (χ2n) is 5.15. The molecular weight excluding hydrogens is 302 g/mol. The van der Waals surface area contributed by atoms with Crippen molar-refractivity contribution in [3.63, 3.8) is 0 Å². The molecule has 22 heavy (non-hydrogen) atoms. The van der Waals surface area contributed by atoms with Gasteiger partial charge in [0.2, 0.25) is 11.8 Å². The molecule has 0 aliphatic heterocycles. The summed E-state index contributed by atoms with van der Waals surface area (Å²) in [6, 6.07) is 5.32. The fourth-order valence-electron chi connectivity index (χ4n) is 2.11. The average molecular weight is 321 g/mol. The molecule has 2 aromatic rings. The summed E-state index contributed by atoms with van der Waals surface area (Å²) in [6.45, 7) is 3.64. The Labute approximate surface area is 133 Å². The Morgan fingerprint density at radius 1 is 1.50 bits per heavy atom. The number of hydrogen-bond donors (Lipinski definition) is 1. The van der Waals surface area contributed by atoms with Crippen LogP contribution in [0.4, 0.5) is 0 Å². The predicted molar refractivity (Wildman–Crippen MR) is 83.2 cm³/mol. The molecule has 118 valence electrons. The van der Waals surface area contributed by atoms with Gasteiger partial charge in [0.15, 0.2) is 0 Å². The Kier molecular flexibility index (Phi) is 5.32. The van der Waals surface area contributed by atoms with E-state index in [9.17, 15) is 9.59 Å². The molecule has 1 atom stereocenters. The van der Waals surface area contributed by atoms with Crippen molar-refractivity contribution in [3.8, 4) is 0 Å². The zero-order valence-electron chi connectivity index (χ0n) is 12.8. The van der Waals surface area contributed by atoms with Crippen molar-refractivity contribution in [2.45, 2.75) is 32.9 Å². The van der Waals surface area contributed by atoms with Crippen LogP contribution >= 0.6 is 11.3 Å². The van der Waals surface area contributed by atoms with E-state index in [2.05, 4.69) is 10.5 Å². The van der Waals surface area contributed by atoms with E-state index >= 15 is 0 Å². The summed E-state index contributed by atoms with van der Waals surface area (Å²) in [4.78, 5) is 26.3. The minimum absolute atomic E-state index is 0.0622. The van der Waals surface area contributed by atoms with Crippen molar-refractivity contribution in [2.24, 2.45) is 0 Å². The highest BCUT2D eigenvalue weighted by Crippen LogP contribution is 2.23. The number of aromatic nitrogens is 1. The van der Waals surface area contributed by atoms with Gasteiger partial charge in [-0.1, -0.05) is 11.2 Å². The second-order valence-corrected chi connectivity index (χ2v) is 6.13. The number of thiophene rings is 1. The van der Waals surface area contributed by atoms with E-state index in [0.29, 0.717) is 18.0 Å². The summed E-state index contributed by atoms with van der Waals surface area (Å²) in [5, 5.41) is 8.63. The number of rotatable bonds is 6. The number of nitrogens with zero attached hydrogens (tertiary/aromatic N) is 2. The van der Waals surface area contributed by atoms with Crippen LogP contribution in [0.5, 0.6) is 0 Å². The van der Waals surface area contributed by atoms with Gasteiger partial charge < -0.3 is 14.7 Å². The van der Waals surface area contributed by atoms with E-state index in [1.807, 2.05) is 24.4 Å². The Morgan fingerprint density at radius 3 is 2.82 bits per heavy atom. The first-order valence-electron chi connectivity index (χ1n) is 6.92. The van der Waals surface area contributed by atoms with Gasteiger partial charge in [-0.25, -0.2) is 0 Å². The molecule has 0 radical (unpaired) electrons. The third-order valence-corrected chi connectivity index (χ3v) is 4.13. The van der Waals surface area contributed by atoms with Crippen molar-refractivity contribution < 1.29 is 14.1 Å². The third-order valence-electron chi connectivity index (χ3n) is 3.14. The lowest BCUT2D eigenvalue weighted by molar-refractivity contribution is -0.131. The van der Waals surface area contributed by atoms with E-state index in [4.69, 9.17) is 4.52 Å². The molecule has 2 aromatic heterocycles. The number of carbonyl (C=O) groups excluding carboxylic acids is 2. The van der Waals surface area contributed by atoms with E-state index in [1.54, 1.807) is 18.0 Å². The maximum absolute atomic E-state index is 12.4. The van der Waals surface area contributed by atoms with Crippen LogP contribution in [0, 0.1) is 6.92 Å². The zero-order chi connectivity index (χ0) is 16.1. The van der Waals surface area contributed by atoms with Crippen LogP contribution < -0.4 is 5.32 Å². The van der Waals surface area contributed by atoms with Crippen LogP contribution in [-0.2, 0) is 16.1 Å². The van der Waals surface area contributed by atoms with Crippen molar-refractivity contribution in [1.82, 2.24) is 15.4 Å². The molecule has 0 aromatic carbocycles. The third kappa shape index (κ3) is 4.42. The quantitative estimate of drug-likeness (QED) is 0.885. The van der Waals surface area contributed by atoms with Crippen molar-refractivity contribution in [2.75, 3.05) is 7.05 Å². The molecule has 0 spiro atoms. The highest BCUT2D eigenvalue weighted by molar-refractivity contribution is 7.10. The Balaban J connectivity index is 1.99. The van der Waals surface area contributed by atoms with Gasteiger partial charge in [0.05, 0.1) is 19.0 Å². The first-order valence-corrected chi connectivity index (χ1v) is 7.80. The molecule has 0 unspecified atom stereocenters. The molecule has 0 bridgehead atoms. The summed E-state index contributed by atoms with van der Waals surface area (Å²) in [5.41, 5.74) is 0.709. The molecule has 7 heteroatoms. The van der Waals surface area contributed by atoms with Gasteiger partial charge in [0.25, 0.3) is 0 Å². The molecular formula is C15H19N3O3S. The summed E-state index contributed by atoms with van der Waals surface area (Å²) in [6.07, 6.45) is 0.216. The number of nitrogens with one attached hydrogen (secondary N) is 1. The van der Waals surface area contributed by atoms with Crippen molar-refractivity contribution in [3.05, 3.63) is 39.9 Å². The summed E-state index contributed by atoms with van der Waals surface area (Å²) in [5.74, 6) is 0.499. The molecule has 0 fully saturated rings. The van der Waals surface area contributed by atoms with Crippen LogP contribution in [0.2, 0.25) is 0 Å². The van der Waals surface area contributed by atoms with Crippen molar-refractivity contribution in [1.29, 1.82) is 0 Å². The maximum Gasteiger partial charge on any atom is 0.225 e. The van der Waals surface area contributed by atoms with E-state index in [-0.39, 0.29) is 24.3 Å². The first-order chi connectivity index (χ1) is 10.5. The predicted octanol–water partition coefficient (Wildman–Crippen LogP) is 2.27. The van der Waals surface area contributed by atoms with Crippen LogP contribution in [0.25, 0.3) is 0 Å². The first kappa shape index (κ1) is 16.2. The number of hydrogen-bond acceptors (Lipinski definition) is 5. The number of amides is 2. The minimum Gasteiger partial charge on any atom is -0.361 e. The molecule has 0 aliphatic carbocycles. The fourth-order valence-corrected chi connectivity index (χ4v) is 2.89. The van der Waals surface area contributed by atoms with Crippen molar-refractivity contribution >= 4 is 23.2 Å². The Bertz CT molecular complexity index is 636. The van der Waals surface area contributed by atoms with Gasteiger partial charge in [-0.05, 0) is 18.4 Å². The second kappa shape index (κ2) is 7.22. The number of carbonyl (C=O) groups is 2. The molecule has 2 rings (SSSR count). The summed E-state index contributed by atoms with van der Waals surface area (Å²) in [7, 11) is 1.71. The summed E-state index contributed by atoms with van der Waals surface area (Å²) >= 11 is 1.52. The highest BCUT2D eigenvalue weighted by Gasteiger charge is 2.21. The van der Waals surface area contributed by atoms with E-state index in [1.165, 1.54) is 18.3 Å². The lowest BCUT2D eigenvalue weighted by Crippen LogP contribution is -2.33. The lowest BCUT2D eigenvalue weighted by atomic mass is 10.1. The lowest BCUT2D eigenvalue weighted by Gasteiger charge is -2.21. The molecule has 0 saturated heterocycles. The van der Waals surface area contributed by atoms with E-state index in [0.717, 1.165) is 4.88 Å². The molecule has 0 aliphatic rings. The highest BCUT2D eigenvalue weighted by atomic mass is 32.1. The van der Waals surface area contributed by atoms with Gasteiger partial charge in [-0.15, -0.1) is 11.3 Å². The zero-order valence-corrected chi connectivity index (χ0v) is 13.6. The smallest absolute Gasteiger partial charge is 0.225 e. The minimum atomic E-state index is -0.300. The Hall–Kier alpha value is -2.15. The standard InChI is InChI=1S/C15H19N3O3S/c1-10-7-12(17-21-10)9-18(3)15(20)8-13(16-11(2)19)14-5-4-6-22-14/h4-7,13H,8-9H2,1-3H3,(H,16,19)/t13-/m0/s1. The molecule has 1 N–H and O–H groups in total. The largest absolute Gasteiger partial charge is 0.361 e. The molecule has 6 nitrogen and oxygen atoms in total. The number of aryl methyl sites for hydroxylation is 1. The molecule has 2 amide bonds. The maximum atomic E-state index is 12.4. The van der Waals surface area contributed by atoms with Crippen LogP contribution in [0.3, 0.4) is 0 Å². The van der Waals surface area contributed by atoms with Gasteiger partial charge >= 0.3 is 0 Å². The van der Waals surface area contributed by atoms with Gasteiger partial charge in [0.1, 0.15) is 11.5 Å². The Morgan fingerprint density at radius 2 is 2.27 bits per heavy atom. The van der Waals surface area contributed by atoms with Crippen LogP contribution in [0.15, 0.2) is 28.1 Å². The summed E-state index contributed by atoms with van der Waals surface area (Å²) < 4.78 is 4.99. The topological polar surface area (TPSA) is 75.4 Å². The van der Waals surface area contributed by atoms with Gasteiger partial charge in [-0.2, -0.15) is 0 Å². The molecule has 2 heterocycles. The normalized spacial score (nSPS) is 12.0. The average Bonchev–Trinajstić information content (AvgIpc) is 3.09. The van der Waals surface area contributed by atoms with E-state index < -0.39 is 0 Å². The van der Waals surface area contributed by atoms with Crippen LogP contribution in [0.1, 0.15) is 35.7 Å². The molecule has 0 saturated carbocycles. The monoisotopic (exact) mass is 321 g/mol. The van der Waals surface area contributed by atoms with Gasteiger partial charge in [0, 0.05) is 24.9 Å². The SMILES string of the molecule is CC(=O)N[C@@H](CC(=O)N(C)Cc1cc(C)on1)c1cccs1. The fraction of sp³-hybridized carbons (Fsp3) is 0.400. The van der Waals surface area contributed by atoms with Gasteiger partial charge in [-0.3, -0.25) is 9.59 Å².